The normalized spacial score (nSPS) is 17.7. The van der Waals surface area contributed by atoms with E-state index in [0.29, 0.717) is 0 Å². The smallest absolute Gasteiger partial charge is 0.239 e. The number of rotatable bonds is 5. The van der Waals surface area contributed by atoms with Crippen LogP contribution < -0.4 is 5.73 Å². The summed E-state index contributed by atoms with van der Waals surface area (Å²) >= 11 is 0. The Hall–Kier alpha value is -2.17. The lowest BCUT2D eigenvalue weighted by molar-refractivity contribution is -0.124. The van der Waals surface area contributed by atoms with Gasteiger partial charge in [0, 0.05) is 32.7 Å². The number of nitrogens with zero attached hydrogens (tertiary/aromatic N) is 2. The maximum Gasteiger partial charge on any atom is 0.239 e. The molecule has 0 saturated carbocycles. The lowest BCUT2D eigenvalue weighted by atomic mass is 10.0. The summed E-state index contributed by atoms with van der Waals surface area (Å²) in [5, 5.41) is 0. The predicted molar refractivity (Wildman–Crippen MR) is 91.7 cm³/mol. The average Bonchev–Trinajstić information content (AvgIpc) is 2.58. The fourth-order valence-corrected chi connectivity index (χ4v) is 3.21. The molecule has 1 aliphatic rings. The van der Waals surface area contributed by atoms with Crippen LogP contribution >= 0.6 is 0 Å². The third kappa shape index (κ3) is 3.97. The molecule has 1 aliphatic heterocycles. The van der Waals surface area contributed by atoms with Gasteiger partial charge < -0.3 is 5.73 Å². The van der Waals surface area contributed by atoms with Crippen LogP contribution in [0.3, 0.4) is 0 Å². The van der Waals surface area contributed by atoms with E-state index in [1.807, 2.05) is 36.4 Å². The first-order chi connectivity index (χ1) is 11.2. The van der Waals surface area contributed by atoms with E-state index in [1.54, 1.807) is 0 Å². The number of carbonyl (C=O) groups is 1. The summed E-state index contributed by atoms with van der Waals surface area (Å²) in [7, 11) is 0. The van der Waals surface area contributed by atoms with E-state index >= 15 is 0 Å². The zero-order valence-corrected chi connectivity index (χ0v) is 13.3. The largest absolute Gasteiger partial charge is 0.368 e. The van der Waals surface area contributed by atoms with Gasteiger partial charge >= 0.3 is 0 Å². The summed E-state index contributed by atoms with van der Waals surface area (Å²) in [6.07, 6.45) is 0. The minimum atomic E-state index is -0.324. The van der Waals surface area contributed by atoms with Crippen molar-refractivity contribution < 1.29 is 4.79 Å². The minimum Gasteiger partial charge on any atom is -0.368 e. The Balaban J connectivity index is 1.62. The van der Waals surface area contributed by atoms with Crippen LogP contribution in [0.25, 0.3) is 0 Å². The molecule has 0 aliphatic carbocycles. The molecule has 1 atom stereocenters. The molecule has 0 radical (unpaired) electrons. The predicted octanol–water partition coefficient (Wildman–Crippen LogP) is 2.03. The van der Waals surface area contributed by atoms with Crippen molar-refractivity contribution in [3.8, 4) is 0 Å². The summed E-state index contributed by atoms with van der Waals surface area (Å²) in [6, 6.07) is 20.0. The molecular formula is C19H23N3O. The van der Waals surface area contributed by atoms with Crippen molar-refractivity contribution in [2.75, 3.05) is 26.2 Å². The van der Waals surface area contributed by atoms with Gasteiger partial charge in [0.25, 0.3) is 0 Å². The number of benzene rings is 2. The van der Waals surface area contributed by atoms with Gasteiger partial charge in [0.05, 0.1) is 0 Å². The van der Waals surface area contributed by atoms with E-state index < -0.39 is 0 Å². The van der Waals surface area contributed by atoms with Crippen LogP contribution in [0, 0.1) is 0 Å². The lowest BCUT2D eigenvalue weighted by Gasteiger charge is -2.38. The lowest BCUT2D eigenvalue weighted by Crippen LogP contribution is -2.49. The highest BCUT2D eigenvalue weighted by Crippen LogP contribution is 2.22. The Kier molecular flexibility index (Phi) is 5.05. The second kappa shape index (κ2) is 7.40. The molecule has 23 heavy (non-hydrogen) atoms. The number of carbonyl (C=O) groups excluding carboxylic acids is 1. The highest BCUT2D eigenvalue weighted by Gasteiger charge is 2.28. The van der Waals surface area contributed by atoms with Crippen LogP contribution in [-0.4, -0.2) is 41.9 Å². The Morgan fingerprint density at radius 3 is 2.04 bits per heavy atom. The summed E-state index contributed by atoms with van der Waals surface area (Å²) in [5.41, 5.74) is 7.98. The Bertz CT molecular complexity index is 622. The standard InChI is InChI=1S/C19H23N3O/c20-19(23)18(17-9-5-2-6-10-17)22-13-11-21(12-14-22)15-16-7-3-1-4-8-16/h1-10,18H,11-15H2,(H2,20,23)/t18-/m1/s1. The molecule has 2 aromatic rings. The van der Waals surface area contributed by atoms with Crippen LogP contribution in [0.1, 0.15) is 17.2 Å². The molecule has 1 heterocycles. The maximum absolute atomic E-state index is 11.9. The Morgan fingerprint density at radius 2 is 1.48 bits per heavy atom. The SMILES string of the molecule is NC(=O)[C@@H](c1ccccc1)N1CCN(Cc2ccccc2)CC1. The van der Waals surface area contributed by atoms with Gasteiger partial charge in [-0.1, -0.05) is 60.7 Å². The second-order valence-electron chi connectivity index (χ2n) is 6.01. The molecule has 0 spiro atoms. The van der Waals surface area contributed by atoms with E-state index in [9.17, 15) is 4.79 Å². The number of piperazine rings is 1. The van der Waals surface area contributed by atoms with Crippen molar-refractivity contribution in [1.82, 2.24) is 9.80 Å². The molecule has 3 rings (SSSR count). The highest BCUT2D eigenvalue weighted by molar-refractivity contribution is 5.81. The van der Waals surface area contributed by atoms with Crippen molar-refractivity contribution in [3.05, 3.63) is 71.8 Å². The summed E-state index contributed by atoms with van der Waals surface area (Å²) in [4.78, 5) is 16.6. The summed E-state index contributed by atoms with van der Waals surface area (Å²) < 4.78 is 0. The average molecular weight is 309 g/mol. The van der Waals surface area contributed by atoms with Crippen molar-refractivity contribution in [2.45, 2.75) is 12.6 Å². The number of amides is 1. The topological polar surface area (TPSA) is 49.6 Å². The van der Waals surface area contributed by atoms with Crippen molar-refractivity contribution in [3.63, 3.8) is 0 Å². The third-order valence-electron chi connectivity index (χ3n) is 4.41. The van der Waals surface area contributed by atoms with E-state index in [4.69, 9.17) is 5.73 Å². The second-order valence-corrected chi connectivity index (χ2v) is 6.01. The van der Waals surface area contributed by atoms with Crippen molar-refractivity contribution in [2.24, 2.45) is 5.73 Å². The molecule has 2 aromatic carbocycles. The van der Waals surface area contributed by atoms with Crippen LogP contribution in [0.5, 0.6) is 0 Å². The molecule has 2 N–H and O–H groups in total. The molecule has 1 amide bonds. The minimum absolute atomic E-state index is 0.271. The number of hydrogen-bond donors (Lipinski definition) is 1. The monoisotopic (exact) mass is 309 g/mol. The van der Waals surface area contributed by atoms with E-state index in [2.05, 4.69) is 34.1 Å². The first-order valence-electron chi connectivity index (χ1n) is 8.08. The van der Waals surface area contributed by atoms with Gasteiger partial charge in [0.15, 0.2) is 0 Å². The first-order valence-corrected chi connectivity index (χ1v) is 8.08. The van der Waals surface area contributed by atoms with Gasteiger partial charge in [-0.25, -0.2) is 0 Å². The third-order valence-corrected chi connectivity index (χ3v) is 4.41. The molecule has 0 aromatic heterocycles. The van der Waals surface area contributed by atoms with Crippen molar-refractivity contribution >= 4 is 5.91 Å². The molecule has 4 nitrogen and oxygen atoms in total. The molecular weight excluding hydrogens is 286 g/mol. The van der Waals surface area contributed by atoms with Gasteiger partial charge in [-0.3, -0.25) is 14.6 Å². The number of nitrogens with two attached hydrogens (primary N) is 1. The molecule has 120 valence electrons. The van der Waals surface area contributed by atoms with Gasteiger partial charge in [0.1, 0.15) is 6.04 Å². The van der Waals surface area contributed by atoms with Crippen molar-refractivity contribution in [1.29, 1.82) is 0 Å². The zero-order valence-electron chi connectivity index (χ0n) is 13.3. The molecule has 1 fully saturated rings. The molecule has 0 unspecified atom stereocenters. The van der Waals surface area contributed by atoms with Gasteiger partial charge in [-0.2, -0.15) is 0 Å². The fourth-order valence-electron chi connectivity index (χ4n) is 3.21. The summed E-state index contributed by atoms with van der Waals surface area (Å²) in [6.45, 7) is 4.57. The van der Waals surface area contributed by atoms with E-state index in [1.165, 1.54) is 5.56 Å². The molecule has 0 bridgehead atoms. The van der Waals surface area contributed by atoms with Crippen LogP contribution in [0.2, 0.25) is 0 Å². The van der Waals surface area contributed by atoms with Gasteiger partial charge in [-0.05, 0) is 11.1 Å². The van der Waals surface area contributed by atoms with E-state index in [-0.39, 0.29) is 11.9 Å². The zero-order chi connectivity index (χ0) is 16.1. The van der Waals surface area contributed by atoms with Gasteiger partial charge in [-0.15, -0.1) is 0 Å². The fraction of sp³-hybridized carbons (Fsp3) is 0.316. The quantitative estimate of drug-likeness (QED) is 0.919. The highest BCUT2D eigenvalue weighted by atomic mass is 16.1. The van der Waals surface area contributed by atoms with Crippen LogP contribution in [-0.2, 0) is 11.3 Å². The molecule has 1 saturated heterocycles. The number of primary amides is 1. The Morgan fingerprint density at radius 1 is 0.913 bits per heavy atom. The van der Waals surface area contributed by atoms with E-state index in [0.717, 1.165) is 38.3 Å². The maximum atomic E-state index is 11.9. The van der Waals surface area contributed by atoms with Crippen LogP contribution in [0.4, 0.5) is 0 Å². The Labute approximate surface area is 137 Å². The number of hydrogen-bond acceptors (Lipinski definition) is 3. The van der Waals surface area contributed by atoms with Gasteiger partial charge in [0.2, 0.25) is 5.91 Å². The first kappa shape index (κ1) is 15.7. The summed E-state index contributed by atoms with van der Waals surface area (Å²) in [5.74, 6) is -0.271. The van der Waals surface area contributed by atoms with Crippen LogP contribution in [0.15, 0.2) is 60.7 Å². The molecule has 4 heteroatoms.